The van der Waals surface area contributed by atoms with Crippen molar-refractivity contribution in [2.45, 2.75) is 0 Å². The Morgan fingerprint density at radius 2 is 1.76 bits per heavy atom. The van der Waals surface area contributed by atoms with Gasteiger partial charge in [0.2, 0.25) is 0 Å². The van der Waals surface area contributed by atoms with Crippen molar-refractivity contribution in [3.63, 3.8) is 0 Å². The molecule has 0 spiro atoms. The molecule has 25 heavy (non-hydrogen) atoms. The summed E-state index contributed by atoms with van der Waals surface area (Å²) in [5.74, 6) is -0.930. The fourth-order valence-corrected chi connectivity index (χ4v) is 2.64. The van der Waals surface area contributed by atoms with Gasteiger partial charge < -0.3 is 4.98 Å². The second-order valence-electron chi connectivity index (χ2n) is 5.37. The molecule has 0 aliphatic heterocycles. The second kappa shape index (κ2) is 5.91. The standard InChI is InChI=1S/C16H11ClN6O2/c17-10-2-4-11-9(5-10)7-14(18-11)16(25)22-21-15(24)8-1-3-12-13(6-8)20-23-19-12/h1-7,18H,(H,21,24)(H,22,25)(H,19,20,23). The van der Waals surface area contributed by atoms with Crippen LogP contribution in [0.15, 0.2) is 42.5 Å². The van der Waals surface area contributed by atoms with Crippen LogP contribution in [-0.4, -0.2) is 32.2 Å². The van der Waals surface area contributed by atoms with E-state index in [1.54, 1.807) is 42.5 Å². The molecule has 0 radical (unpaired) electrons. The van der Waals surface area contributed by atoms with Gasteiger partial charge in [0.1, 0.15) is 11.2 Å². The SMILES string of the molecule is O=C(NNC(=O)c1cc2cc(Cl)ccc2[nH]1)c1ccc2[nH]nnc2c1. The van der Waals surface area contributed by atoms with Gasteiger partial charge in [-0.1, -0.05) is 16.8 Å². The van der Waals surface area contributed by atoms with E-state index >= 15 is 0 Å². The maximum absolute atomic E-state index is 12.2. The first-order chi connectivity index (χ1) is 12.1. The Morgan fingerprint density at radius 3 is 2.64 bits per heavy atom. The smallest absolute Gasteiger partial charge is 0.286 e. The van der Waals surface area contributed by atoms with Crippen LogP contribution in [0.2, 0.25) is 5.02 Å². The van der Waals surface area contributed by atoms with Crippen LogP contribution in [0, 0.1) is 0 Å². The zero-order valence-electron chi connectivity index (χ0n) is 12.6. The lowest BCUT2D eigenvalue weighted by Crippen LogP contribution is -2.41. The Kier molecular flexibility index (Phi) is 3.58. The number of aromatic nitrogens is 4. The van der Waals surface area contributed by atoms with Crippen molar-refractivity contribution < 1.29 is 9.59 Å². The minimum Gasteiger partial charge on any atom is -0.350 e. The number of hydrogen-bond donors (Lipinski definition) is 4. The van der Waals surface area contributed by atoms with Gasteiger partial charge in [-0.15, -0.1) is 5.10 Å². The van der Waals surface area contributed by atoms with Crippen LogP contribution in [0.4, 0.5) is 0 Å². The van der Waals surface area contributed by atoms with Gasteiger partial charge in [-0.3, -0.25) is 25.5 Å². The van der Waals surface area contributed by atoms with Crippen LogP contribution in [0.3, 0.4) is 0 Å². The highest BCUT2D eigenvalue weighted by Gasteiger charge is 2.12. The van der Waals surface area contributed by atoms with Crippen molar-refractivity contribution in [1.29, 1.82) is 0 Å². The summed E-state index contributed by atoms with van der Waals surface area (Å²) in [7, 11) is 0. The molecule has 2 aromatic heterocycles. The number of amides is 2. The summed E-state index contributed by atoms with van der Waals surface area (Å²) in [6.45, 7) is 0. The highest BCUT2D eigenvalue weighted by molar-refractivity contribution is 6.31. The minimum absolute atomic E-state index is 0.310. The number of aromatic amines is 2. The number of carbonyl (C=O) groups excluding carboxylic acids is 2. The summed E-state index contributed by atoms with van der Waals surface area (Å²) in [5.41, 5.74) is 7.45. The molecule has 0 saturated carbocycles. The molecule has 0 bridgehead atoms. The molecule has 9 heteroatoms. The van der Waals surface area contributed by atoms with Gasteiger partial charge in [-0.25, -0.2) is 0 Å². The number of H-pyrrole nitrogens is 2. The molecule has 4 rings (SSSR count). The van der Waals surface area contributed by atoms with Crippen molar-refractivity contribution in [2.24, 2.45) is 0 Å². The van der Waals surface area contributed by atoms with Gasteiger partial charge in [0, 0.05) is 21.5 Å². The third-order valence-corrected chi connectivity index (χ3v) is 3.94. The lowest BCUT2D eigenvalue weighted by molar-refractivity contribution is 0.0844. The van der Waals surface area contributed by atoms with Crippen LogP contribution in [-0.2, 0) is 0 Å². The lowest BCUT2D eigenvalue weighted by Gasteiger charge is -2.06. The summed E-state index contributed by atoms with van der Waals surface area (Å²) >= 11 is 5.93. The van der Waals surface area contributed by atoms with Gasteiger partial charge in [0.25, 0.3) is 11.8 Å². The topological polar surface area (TPSA) is 116 Å². The van der Waals surface area contributed by atoms with Gasteiger partial charge in [0.15, 0.2) is 0 Å². The third-order valence-electron chi connectivity index (χ3n) is 3.71. The first-order valence-corrected chi connectivity index (χ1v) is 7.68. The van der Waals surface area contributed by atoms with Crippen molar-refractivity contribution in [3.05, 3.63) is 58.7 Å². The fourth-order valence-electron chi connectivity index (χ4n) is 2.46. The van der Waals surface area contributed by atoms with E-state index in [0.717, 1.165) is 16.4 Å². The molecule has 8 nitrogen and oxygen atoms in total. The Balaban J connectivity index is 1.47. The molecule has 2 amide bonds. The first-order valence-electron chi connectivity index (χ1n) is 7.30. The predicted molar refractivity (Wildman–Crippen MR) is 92.1 cm³/mol. The summed E-state index contributed by atoms with van der Waals surface area (Å²) in [6.07, 6.45) is 0. The molecular formula is C16H11ClN6O2. The largest absolute Gasteiger partial charge is 0.350 e. The van der Waals surface area contributed by atoms with Crippen LogP contribution in [0.25, 0.3) is 21.9 Å². The molecule has 0 saturated heterocycles. The molecule has 2 aromatic carbocycles. The first kappa shape index (κ1) is 15.2. The van der Waals surface area contributed by atoms with Gasteiger partial charge in [0.05, 0.1) is 5.52 Å². The molecule has 124 valence electrons. The van der Waals surface area contributed by atoms with E-state index < -0.39 is 11.8 Å². The quantitative estimate of drug-likeness (QED) is 0.413. The Bertz CT molecular complexity index is 1120. The molecular weight excluding hydrogens is 344 g/mol. The van der Waals surface area contributed by atoms with Crippen molar-refractivity contribution in [2.75, 3.05) is 0 Å². The van der Waals surface area contributed by atoms with E-state index in [1.165, 1.54) is 0 Å². The zero-order valence-corrected chi connectivity index (χ0v) is 13.4. The molecule has 4 aromatic rings. The van der Waals surface area contributed by atoms with E-state index in [1.807, 2.05) is 0 Å². The molecule has 0 aliphatic rings. The van der Waals surface area contributed by atoms with Gasteiger partial charge >= 0.3 is 0 Å². The minimum atomic E-state index is -0.469. The summed E-state index contributed by atoms with van der Waals surface area (Å²) in [6, 6.07) is 11.8. The number of hydrogen-bond acceptors (Lipinski definition) is 4. The van der Waals surface area contributed by atoms with E-state index in [9.17, 15) is 9.59 Å². The van der Waals surface area contributed by atoms with Gasteiger partial charge in [-0.05, 0) is 42.5 Å². The maximum atomic E-state index is 12.2. The molecule has 0 atom stereocenters. The Morgan fingerprint density at radius 1 is 0.960 bits per heavy atom. The molecule has 4 N–H and O–H groups in total. The predicted octanol–water partition coefficient (Wildman–Crippen LogP) is 2.17. The number of rotatable bonds is 2. The van der Waals surface area contributed by atoms with Crippen LogP contribution < -0.4 is 10.9 Å². The van der Waals surface area contributed by atoms with Crippen molar-refractivity contribution in [1.82, 2.24) is 31.2 Å². The van der Waals surface area contributed by atoms with Crippen molar-refractivity contribution in [3.8, 4) is 0 Å². The molecule has 0 aliphatic carbocycles. The lowest BCUT2D eigenvalue weighted by atomic mass is 10.2. The Labute approximate surface area is 145 Å². The van der Waals surface area contributed by atoms with Crippen LogP contribution >= 0.6 is 11.6 Å². The highest BCUT2D eigenvalue weighted by Crippen LogP contribution is 2.20. The average molecular weight is 355 g/mol. The number of nitrogens with zero attached hydrogens (tertiary/aromatic N) is 2. The van der Waals surface area contributed by atoms with E-state index in [4.69, 9.17) is 11.6 Å². The number of halogens is 1. The fraction of sp³-hybridized carbons (Fsp3) is 0. The normalized spacial score (nSPS) is 10.9. The Hall–Kier alpha value is -3.39. The number of fused-ring (bicyclic) bond motifs is 2. The molecule has 2 heterocycles. The number of benzene rings is 2. The summed E-state index contributed by atoms with van der Waals surface area (Å²) in [4.78, 5) is 27.3. The zero-order chi connectivity index (χ0) is 17.4. The van der Waals surface area contributed by atoms with Crippen LogP contribution in [0.5, 0.6) is 0 Å². The number of nitrogens with one attached hydrogen (secondary N) is 4. The monoisotopic (exact) mass is 354 g/mol. The number of hydrazine groups is 1. The summed E-state index contributed by atoms with van der Waals surface area (Å²) < 4.78 is 0. The van der Waals surface area contributed by atoms with Crippen molar-refractivity contribution >= 4 is 45.4 Å². The third kappa shape index (κ3) is 2.90. The van der Waals surface area contributed by atoms with E-state index in [2.05, 4.69) is 31.2 Å². The molecule has 0 fully saturated rings. The van der Waals surface area contributed by atoms with E-state index in [-0.39, 0.29) is 0 Å². The van der Waals surface area contributed by atoms with Crippen LogP contribution in [0.1, 0.15) is 20.8 Å². The average Bonchev–Trinajstić information content (AvgIpc) is 3.24. The summed E-state index contributed by atoms with van der Waals surface area (Å²) in [5, 5.41) is 11.6. The van der Waals surface area contributed by atoms with Gasteiger partial charge in [-0.2, -0.15) is 0 Å². The maximum Gasteiger partial charge on any atom is 0.286 e. The number of carbonyl (C=O) groups is 2. The molecule has 0 unspecified atom stereocenters. The second-order valence-corrected chi connectivity index (χ2v) is 5.80. The highest BCUT2D eigenvalue weighted by atomic mass is 35.5. The van der Waals surface area contributed by atoms with E-state index in [0.29, 0.717) is 21.8 Å².